The van der Waals surface area contributed by atoms with Gasteiger partial charge in [0.25, 0.3) is 0 Å². The van der Waals surface area contributed by atoms with Crippen LogP contribution in [0.2, 0.25) is 0 Å². The van der Waals surface area contributed by atoms with E-state index in [4.69, 9.17) is 4.74 Å². The molecule has 0 aliphatic heterocycles. The number of thioether (sulfide) groups is 1. The number of hydrogen-bond donors (Lipinski definition) is 1. The maximum Gasteiger partial charge on any atom is 0.242 e. The van der Waals surface area contributed by atoms with Gasteiger partial charge in [-0.05, 0) is 24.6 Å². The molecule has 0 fully saturated rings. The predicted molar refractivity (Wildman–Crippen MR) is 104 cm³/mol. The molecule has 1 amide bonds. The minimum Gasteiger partial charge on any atom is -0.492 e. The van der Waals surface area contributed by atoms with Gasteiger partial charge in [-0.25, -0.2) is 4.98 Å². The lowest BCUT2D eigenvalue weighted by Crippen LogP contribution is -2.20. The van der Waals surface area contributed by atoms with Gasteiger partial charge in [0.15, 0.2) is 5.16 Å². The molecule has 1 heterocycles. The number of carbonyl (C=O) groups excluding carboxylic acids is 1. The normalized spacial score (nSPS) is 11.8. The van der Waals surface area contributed by atoms with E-state index in [9.17, 15) is 4.79 Å². The molecule has 1 N–H and O–H groups in total. The summed E-state index contributed by atoms with van der Waals surface area (Å²) in [5.74, 6) is 0.550. The highest BCUT2D eigenvalue weighted by Crippen LogP contribution is 2.36. The van der Waals surface area contributed by atoms with Crippen LogP contribution in [0.3, 0.4) is 0 Å². The lowest BCUT2D eigenvalue weighted by Gasteiger charge is -2.18. The summed E-state index contributed by atoms with van der Waals surface area (Å²) in [5, 5.41) is 3.36. The molecule has 26 heavy (non-hydrogen) atoms. The molecule has 0 aliphatic rings. The number of imidazole rings is 1. The first-order valence-electron chi connectivity index (χ1n) is 8.40. The van der Waals surface area contributed by atoms with Crippen LogP contribution in [0.5, 0.6) is 5.75 Å². The molecule has 5 nitrogen and oxygen atoms in total. The van der Waals surface area contributed by atoms with E-state index in [-0.39, 0.29) is 5.91 Å². The lowest BCUT2D eigenvalue weighted by atomic mass is 10.1. The summed E-state index contributed by atoms with van der Waals surface area (Å²) < 4.78 is 7.52. The Balaban J connectivity index is 1.87. The van der Waals surface area contributed by atoms with Gasteiger partial charge in [0, 0.05) is 19.4 Å². The van der Waals surface area contributed by atoms with E-state index in [1.165, 1.54) is 11.8 Å². The molecule has 1 atom stereocenters. The molecule has 1 aromatic heterocycles. The molecular weight excluding hydrogens is 346 g/mol. The average Bonchev–Trinajstić information content (AvgIpc) is 3.07. The fraction of sp³-hybridized carbons (Fsp3) is 0.200. The first-order valence-corrected chi connectivity index (χ1v) is 9.28. The molecule has 2 aromatic carbocycles. The monoisotopic (exact) mass is 367 g/mol. The van der Waals surface area contributed by atoms with E-state index < -0.39 is 5.25 Å². The third-order valence-corrected chi connectivity index (χ3v) is 5.11. The molecule has 0 aliphatic carbocycles. The molecule has 0 bridgehead atoms. The summed E-state index contributed by atoms with van der Waals surface area (Å²) >= 11 is 1.42. The van der Waals surface area contributed by atoms with E-state index in [0.717, 1.165) is 10.7 Å². The van der Waals surface area contributed by atoms with Crippen LogP contribution in [0.4, 0.5) is 5.69 Å². The summed E-state index contributed by atoms with van der Waals surface area (Å²) in [6.45, 7) is 2.46. The third-order valence-electron chi connectivity index (χ3n) is 3.79. The van der Waals surface area contributed by atoms with E-state index in [0.29, 0.717) is 18.0 Å². The quantitative estimate of drug-likeness (QED) is 0.633. The van der Waals surface area contributed by atoms with Gasteiger partial charge >= 0.3 is 0 Å². The molecule has 3 rings (SSSR count). The van der Waals surface area contributed by atoms with Crippen molar-refractivity contribution in [3.8, 4) is 5.75 Å². The predicted octanol–water partition coefficient (Wildman–Crippen LogP) is 4.29. The van der Waals surface area contributed by atoms with Crippen LogP contribution in [0, 0.1) is 0 Å². The van der Waals surface area contributed by atoms with Crippen LogP contribution in [0.25, 0.3) is 0 Å². The molecule has 3 aromatic rings. The largest absolute Gasteiger partial charge is 0.492 e. The second-order valence-corrected chi connectivity index (χ2v) is 6.72. The summed E-state index contributed by atoms with van der Waals surface area (Å²) in [6, 6.07) is 17.2. The fourth-order valence-corrected chi connectivity index (χ4v) is 3.54. The Morgan fingerprint density at radius 1 is 1.19 bits per heavy atom. The zero-order valence-corrected chi connectivity index (χ0v) is 15.6. The minimum absolute atomic E-state index is 0.114. The lowest BCUT2D eigenvalue weighted by molar-refractivity contribution is -0.115. The van der Waals surface area contributed by atoms with Crippen LogP contribution >= 0.6 is 11.8 Å². The maximum absolute atomic E-state index is 13.1. The number of carbonyl (C=O) groups is 1. The summed E-state index contributed by atoms with van der Waals surface area (Å²) in [5.41, 5.74) is 1.59. The second kappa shape index (κ2) is 8.58. The minimum atomic E-state index is -0.424. The number of amides is 1. The molecule has 0 unspecified atom stereocenters. The Morgan fingerprint density at radius 2 is 1.92 bits per heavy atom. The van der Waals surface area contributed by atoms with Crippen molar-refractivity contribution in [3.05, 3.63) is 72.6 Å². The fourth-order valence-electron chi connectivity index (χ4n) is 2.52. The Labute approximate surface area is 157 Å². The van der Waals surface area contributed by atoms with Crippen LogP contribution in [-0.4, -0.2) is 22.1 Å². The number of hydrogen-bond acceptors (Lipinski definition) is 4. The highest BCUT2D eigenvalue weighted by Gasteiger charge is 2.24. The Bertz CT molecular complexity index is 864. The molecule has 0 radical (unpaired) electrons. The zero-order chi connectivity index (χ0) is 18.4. The van der Waals surface area contributed by atoms with Gasteiger partial charge in [0.05, 0.1) is 12.3 Å². The van der Waals surface area contributed by atoms with Gasteiger partial charge in [-0.15, -0.1) is 0 Å². The molecular formula is C20H21N3O2S. The number of aryl methyl sites for hydroxylation is 1. The van der Waals surface area contributed by atoms with Crippen molar-refractivity contribution in [3.63, 3.8) is 0 Å². The first-order chi connectivity index (χ1) is 12.7. The van der Waals surface area contributed by atoms with Gasteiger partial charge in [0.2, 0.25) is 5.91 Å². The molecule has 6 heteroatoms. The van der Waals surface area contributed by atoms with Crippen molar-refractivity contribution in [1.29, 1.82) is 0 Å². The number of ether oxygens (including phenoxy) is 1. The van der Waals surface area contributed by atoms with Crippen molar-refractivity contribution in [2.75, 3.05) is 11.9 Å². The Hall–Kier alpha value is -2.73. The number of aromatic nitrogens is 2. The first kappa shape index (κ1) is 18.1. The standard InChI is InChI=1S/C20H21N3O2S/c1-3-25-17-12-8-7-11-16(17)22-19(24)18(15-9-5-4-6-10-15)26-20-21-13-14-23(20)2/h4-14,18H,3H2,1-2H3,(H,22,24)/t18-/m1/s1. The van der Waals surface area contributed by atoms with E-state index in [2.05, 4.69) is 10.3 Å². The van der Waals surface area contributed by atoms with E-state index in [1.807, 2.05) is 79.3 Å². The SMILES string of the molecule is CCOc1ccccc1NC(=O)[C@H](Sc1nccn1C)c1ccccc1. The number of benzene rings is 2. The van der Waals surface area contributed by atoms with Gasteiger partial charge < -0.3 is 14.6 Å². The average molecular weight is 367 g/mol. The zero-order valence-electron chi connectivity index (χ0n) is 14.8. The Morgan fingerprint density at radius 3 is 2.62 bits per heavy atom. The van der Waals surface area contributed by atoms with Gasteiger partial charge in [-0.2, -0.15) is 0 Å². The van der Waals surface area contributed by atoms with Gasteiger partial charge in [0.1, 0.15) is 11.0 Å². The molecule has 0 saturated carbocycles. The highest BCUT2D eigenvalue weighted by molar-refractivity contribution is 8.00. The van der Waals surface area contributed by atoms with Crippen LogP contribution in [-0.2, 0) is 11.8 Å². The van der Waals surface area contributed by atoms with Crippen molar-refractivity contribution >= 4 is 23.4 Å². The molecule has 134 valence electrons. The Kier molecular flexibility index (Phi) is 5.96. The molecule has 0 spiro atoms. The van der Waals surface area contributed by atoms with Crippen molar-refractivity contribution in [1.82, 2.24) is 9.55 Å². The number of nitrogens with one attached hydrogen (secondary N) is 1. The summed E-state index contributed by atoms with van der Waals surface area (Å²) in [7, 11) is 1.92. The van der Waals surface area contributed by atoms with E-state index in [1.54, 1.807) is 6.20 Å². The van der Waals surface area contributed by atoms with Crippen molar-refractivity contribution in [2.45, 2.75) is 17.3 Å². The van der Waals surface area contributed by atoms with Gasteiger partial charge in [-0.3, -0.25) is 4.79 Å². The van der Waals surface area contributed by atoms with Gasteiger partial charge in [-0.1, -0.05) is 54.2 Å². The maximum atomic E-state index is 13.1. The number of rotatable bonds is 7. The topological polar surface area (TPSA) is 56.1 Å². The summed E-state index contributed by atoms with van der Waals surface area (Å²) in [4.78, 5) is 17.4. The number of para-hydroxylation sites is 2. The number of anilines is 1. The van der Waals surface area contributed by atoms with Crippen LogP contribution in [0.1, 0.15) is 17.7 Å². The van der Waals surface area contributed by atoms with Crippen LogP contribution in [0.15, 0.2) is 72.1 Å². The van der Waals surface area contributed by atoms with Crippen molar-refractivity contribution in [2.24, 2.45) is 7.05 Å². The highest BCUT2D eigenvalue weighted by atomic mass is 32.2. The summed E-state index contributed by atoms with van der Waals surface area (Å²) in [6.07, 6.45) is 3.60. The van der Waals surface area contributed by atoms with Crippen molar-refractivity contribution < 1.29 is 9.53 Å². The smallest absolute Gasteiger partial charge is 0.242 e. The third kappa shape index (κ3) is 4.26. The molecule has 0 saturated heterocycles. The van der Waals surface area contributed by atoms with E-state index >= 15 is 0 Å². The van der Waals surface area contributed by atoms with Crippen LogP contribution < -0.4 is 10.1 Å². The number of nitrogens with zero attached hydrogens (tertiary/aromatic N) is 2. The second-order valence-electron chi connectivity index (χ2n) is 5.65.